The fourth-order valence-corrected chi connectivity index (χ4v) is 2.07. The Kier molecular flexibility index (Phi) is 3.64. The summed E-state index contributed by atoms with van der Waals surface area (Å²) in [5.74, 6) is -1.64. The van der Waals surface area contributed by atoms with Crippen LogP contribution in [0.15, 0.2) is 61.2 Å². The van der Waals surface area contributed by atoms with E-state index in [2.05, 4.69) is 10.3 Å². The van der Waals surface area contributed by atoms with Crippen LogP contribution < -0.4 is 5.32 Å². The molecule has 3 aromatic rings. The zero-order chi connectivity index (χ0) is 14.7. The van der Waals surface area contributed by atoms with Crippen LogP contribution in [0.2, 0.25) is 0 Å². The molecular formula is C16H13F2N3. The maximum Gasteiger partial charge on any atom is 0.163 e. The van der Waals surface area contributed by atoms with E-state index in [4.69, 9.17) is 0 Å². The van der Waals surface area contributed by atoms with Crippen LogP contribution in [0.25, 0.3) is 5.69 Å². The first kappa shape index (κ1) is 13.3. The maximum absolute atomic E-state index is 13.6. The molecule has 3 nitrogen and oxygen atoms in total. The van der Waals surface area contributed by atoms with Crippen molar-refractivity contribution in [1.82, 2.24) is 9.55 Å². The standard InChI is InChI=1S/C16H13F2N3/c17-15-6-1-3-12(16(15)18)10-20-13-4-2-5-14(9-13)21-8-7-19-11-21/h1-9,11,20H,10H2. The summed E-state index contributed by atoms with van der Waals surface area (Å²) in [5, 5.41) is 3.09. The third kappa shape index (κ3) is 2.91. The third-order valence-corrected chi connectivity index (χ3v) is 3.16. The number of nitrogens with zero attached hydrogens (tertiary/aromatic N) is 2. The van der Waals surface area contributed by atoms with Crippen molar-refractivity contribution < 1.29 is 8.78 Å². The average Bonchev–Trinajstić information content (AvgIpc) is 3.03. The summed E-state index contributed by atoms with van der Waals surface area (Å²) < 4.78 is 28.6. The lowest BCUT2D eigenvalue weighted by Crippen LogP contribution is -2.03. The fraction of sp³-hybridized carbons (Fsp3) is 0.0625. The second-order valence-electron chi connectivity index (χ2n) is 4.59. The summed E-state index contributed by atoms with van der Waals surface area (Å²) in [6.07, 6.45) is 5.24. The van der Waals surface area contributed by atoms with E-state index in [1.807, 2.05) is 35.0 Å². The summed E-state index contributed by atoms with van der Waals surface area (Å²) in [6, 6.07) is 11.8. The molecule has 0 amide bonds. The van der Waals surface area contributed by atoms with Gasteiger partial charge in [0.05, 0.1) is 6.33 Å². The fourth-order valence-electron chi connectivity index (χ4n) is 2.07. The molecule has 106 valence electrons. The Balaban J connectivity index is 1.77. The van der Waals surface area contributed by atoms with Crippen LogP contribution in [0.3, 0.4) is 0 Å². The molecule has 0 fully saturated rings. The molecule has 21 heavy (non-hydrogen) atoms. The molecular weight excluding hydrogens is 272 g/mol. The van der Waals surface area contributed by atoms with E-state index in [0.29, 0.717) is 5.56 Å². The van der Waals surface area contributed by atoms with Crippen LogP contribution in [0, 0.1) is 11.6 Å². The van der Waals surface area contributed by atoms with Crippen molar-refractivity contribution in [2.24, 2.45) is 0 Å². The van der Waals surface area contributed by atoms with E-state index in [1.165, 1.54) is 6.07 Å². The molecule has 2 aromatic carbocycles. The number of benzene rings is 2. The minimum Gasteiger partial charge on any atom is -0.381 e. The molecule has 0 spiro atoms. The second kappa shape index (κ2) is 5.75. The lowest BCUT2D eigenvalue weighted by atomic mass is 10.2. The number of anilines is 1. The second-order valence-corrected chi connectivity index (χ2v) is 4.59. The molecule has 1 heterocycles. The highest BCUT2D eigenvalue weighted by Crippen LogP contribution is 2.17. The topological polar surface area (TPSA) is 29.9 Å². The van der Waals surface area contributed by atoms with Crippen LogP contribution in [0.4, 0.5) is 14.5 Å². The Morgan fingerprint density at radius 3 is 2.76 bits per heavy atom. The minimum absolute atomic E-state index is 0.219. The SMILES string of the molecule is Fc1cccc(CNc2cccc(-n3ccnc3)c2)c1F. The average molecular weight is 285 g/mol. The number of nitrogens with one attached hydrogen (secondary N) is 1. The van der Waals surface area contributed by atoms with Crippen molar-refractivity contribution in [2.75, 3.05) is 5.32 Å². The highest BCUT2D eigenvalue weighted by atomic mass is 19.2. The van der Waals surface area contributed by atoms with Crippen molar-refractivity contribution in [3.8, 4) is 5.69 Å². The maximum atomic E-state index is 13.6. The van der Waals surface area contributed by atoms with Gasteiger partial charge in [-0.3, -0.25) is 0 Å². The van der Waals surface area contributed by atoms with E-state index in [0.717, 1.165) is 17.4 Å². The first-order valence-corrected chi connectivity index (χ1v) is 6.49. The van der Waals surface area contributed by atoms with Gasteiger partial charge in [-0.2, -0.15) is 0 Å². The molecule has 0 radical (unpaired) electrons. The van der Waals surface area contributed by atoms with Crippen molar-refractivity contribution in [3.63, 3.8) is 0 Å². The van der Waals surface area contributed by atoms with Gasteiger partial charge in [0.2, 0.25) is 0 Å². The number of rotatable bonds is 4. The number of hydrogen-bond acceptors (Lipinski definition) is 2. The lowest BCUT2D eigenvalue weighted by Gasteiger charge is -2.10. The Morgan fingerprint density at radius 2 is 1.95 bits per heavy atom. The molecule has 0 atom stereocenters. The highest BCUT2D eigenvalue weighted by Gasteiger charge is 2.07. The molecule has 3 rings (SSSR count). The quantitative estimate of drug-likeness (QED) is 0.791. The van der Waals surface area contributed by atoms with E-state index < -0.39 is 11.6 Å². The first-order valence-electron chi connectivity index (χ1n) is 6.49. The Bertz CT molecular complexity index is 739. The van der Waals surface area contributed by atoms with Gasteiger partial charge in [-0.1, -0.05) is 18.2 Å². The monoisotopic (exact) mass is 285 g/mol. The Hall–Kier alpha value is -2.69. The van der Waals surface area contributed by atoms with E-state index in [1.54, 1.807) is 18.6 Å². The van der Waals surface area contributed by atoms with E-state index >= 15 is 0 Å². The molecule has 1 N–H and O–H groups in total. The molecule has 0 aliphatic rings. The predicted molar refractivity (Wildman–Crippen MR) is 77.2 cm³/mol. The smallest absolute Gasteiger partial charge is 0.163 e. The summed E-state index contributed by atoms with van der Waals surface area (Å²) in [5.41, 5.74) is 2.06. The predicted octanol–water partition coefficient (Wildman–Crippen LogP) is 3.76. The van der Waals surface area contributed by atoms with Gasteiger partial charge >= 0.3 is 0 Å². The molecule has 0 aliphatic heterocycles. The lowest BCUT2D eigenvalue weighted by molar-refractivity contribution is 0.500. The summed E-state index contributed by atoms with van der Waals surface area (Å²) in [7, 11) is 0. The molecule has 0 saturated carbocycles. The first-order chi connectivity index (χ1) is 10.2. The summed E-state index contributed by atoms with van der Waals surface area (Å²) in [4.78, 5) is 3.99. The molecule has 1 aromatic heterocycles. The van der Waals surface area contributed by atoms with Crippen molar-refractivity contribution in [3.05, 3.63) is 78.4 Å². The number of imidazole rings is 1. The molecule has 5 heteroatoms. The van der Waals surface area contributed by atoms with E-state index in [-0.39, 0.29) is 6.54 Å². The summed E-state index contributed by atoms with van der Waals surface area (Å²) >= 11 is 0. The normalized spacial score (nSPS) is 10.6. The van der Waals surface area contributed by atoms with Crippen LogP contribution >= 0.6 is 0 Å². The molecule has 0 unspecified atom stereocenters. The van der Waals surface area contributed by atoms with E-state index in [9.17, 15) is 8.78 Å². The van der Waals surface area contributed by atoms with Crippen LogP contribution in [0.1, 0.15) is 5.56 Å². The van der Waals surface area contributed by atoms with Crippen LogP contribution in [-0.4, -0.2) is 9.55 Å². The number of aromatic nitrogens is 2. The van der Waals surface area contributed by atoms with Gasteiger partial charge in [0, 0.05) is 35.9 Å². The van der Waals surface area contributed by atoms with Gasteiger partial charge in [-0.25, -0.2) is 13.8 Å². The summed E-state index contributed by atoms with van der Waals surface area (Å²) in [6.45, 7) is 0.219. The minimum atomic E-state index is -0.832. The van der Waals surface area contributed by atoms with Gasteiger partial charge in [0.15, 0.2) is 11.6 Å². The number of hydrogen-bond donors (Lipinski definition) is 1. The van der Waals surface area contributed by atoms with Gasteiger partial charge in [-0.05, 0) is 24.3 Å². The number of halogens is 2. The van der Waals surface area contributed by atoms with Crippen LogP contribution in [-0.2, 0) is 6.54 Å². The van der Waals surface area contributed by atoms with Gasteiger partial charge in [-0.15, -0.1) is 0 Å². The zero-order valence-electron chi connectivity index (χ0n) is 11.1. The third-order valence-electron chi connectivity index (χ3n) is 3.16. The largest absolute Gasteiger partial charge is 0.381 e. The Morgan fingerprint density at radius 1 is 1.10 bits per heavy atom. The molecule has 0 bridgehead atoms. The van der Waals surface area contributed by atoms with Crippen molar-refractivity contribution >= 4 is 5.69 Å². The van der Waals surface area contributed by atoms with Crippen LogP contribution in [0.5, 0.6) is 0 Å². The molecule has 0 saturated heterocycles. The highest BCUT2D eigenvalue weighted by molar-refractivity contribution is 5.51. The van der Waals surface area contributed by atoms with Gasteiger partial charge in [0.1, 0.15) is 0 Å². The van der Waals surface area contributed by atoms with Crippen molar-refractivity contribution in [2.45, 2.75) is 6.54 Å². The Labute approximate surface area is 120 Å². The van der Waals surface area contributed by atoms with Gasteiger partial charge in [0.25, 0.3) is 0 Å². The van der Waals surface area contributed by atoms with Gasteiger partial charge < -0.3 is 9.88 Å². The zero-order valence-corrected chi connectivity index (χ0v) is 11.1. The molecule has 0 aliphatic carbocycles. The van der Waals surface area contributed by atoms with Crippen molar-refractivity contribution in [1.29, 1.82) is 0 Å².